The van der Waals surface area contributed by atoms with E-state index in [1.165, 1.54) is 14.2 Å². The zero-order chi connectivity index (χ0) is 18.6. The van der Waals surface area contributed by atoms with E-state index in [0.717, 1.165) is 6.26 Å². The molecule has 2 saturated carbocycles. The monoisotopic (exact) mass is 416 g/mol. The molecule has 0 radical (unpaired) electrons. The zero-order valence-electron chi connectivity index (χ0n) is 13.2. The Bertz CT molecular complexity index is 736. The van der Waals surface area contributed by atoms with Crippen LogP contribution in [0.15, 0.2) is 0 Å². The van der Waals surface area contributed by atoms with Crippen LogP contribution in [-0.2, 0) is 42.8 Å². The Morgan fingerprint density at radius 3 is 1.68 bits per heavy atom. The molecule has 0 aromatic heterocycles. The molecule has 0 amide bonds. The van der Waals surface area contributed by atoms with Crippen molar-refractivity contribution in [2.24, 2.45) is 11.8 Å². The number of methoxy groups -OCH3 is 2. The third-order valence-corrected chi connectivity index (χ3v) is 7.44. The lowest BCUT2D eigenvalue weighted by atomic mass is 9.89. The number of hydrogen-bond donors (Lipinski definition) is 0. The molecule has 2 heterocycles. The second-order valence-corrected chi connectivity index (χ2v) is 9.30. The highest BCUT2D eigenvalue weighted by Crippen LogP contribution is 2.73. The highest BCUT2D eigenvalue weighted by Gasteiger charge is 2.94. The minimum absolute atomic E-state index is 0.838. The first kappa shape index (κ1) is 17.7. The molecule has 0 N–H and O–H groups in total. The largest absolute Gasteiger partial charge is 0.458 e. The van der Waals surface area contributed by atoms with Gasteiger partial charge in [0, 0.05) is 26.1 Å². The van der Waals surface area contributed by atoms with Gasteiger partial charge in [0.15, 0.2) is 6.10 Å². The minimum Gasteiger partial charge on any atom is -0.458 e. The zero-order valence-corrected chi connectivity index (χ0v) is 15.6. The molecule has 0 spiro atoms. The molecule has 140 valence electrons. The lowest BCUT2D eigenvalue weighted by Crippen LogP contribution is -2.65. The van der Waals surface area contributed by atoms with Crippen molar-refractivity contribution in [2.75, 3.05) is 20.5 Å². The molecule has 9 nitrogen and oxygen atoms in total. The first-order chi connectivity index (χ1) is 11.5. The second kappa shape index (κ2) is 4.79. The first-order valence-electron chi connectivity index (χ1n) is 7.28. The van der Waals surface area contributed by atoms with Crippen molar-refractivity contribution in [3.8, 4) is 0 Å². The van der Waals surface area contributed by atoms with Gasteiger partial charge in [0.05, 0.1) is 6.26 Å². The predicted molar refractivity (Wildman–Crippen MR) is 80.4 cm³/mol. The molecule has 0 aromatic rings. The van der Waals surface area contributed by atoms with Gasteiger partial charge < -0.3 is 18.9 Å². The maximum Gasteiger partial charge on any atom is 0.333 e. The van der Waals surface area contributed by atoms with Crippen LogP contribution < -0.4 is 0 Å². The summed E-state index contributed by atoms with van der Waals surface area (Å²) in [4.78, 5) is 21.3. The Labute approximate surface area is 152 Å². The third kappa shape index (κ3) is 1.65. The SMILES string of the molecule is COC1(OC)[C@@]2(Cl)C(=O)O[C@H]3C(OS(C)(=O)=O)[C@H]4OC(=O)[C@]1(Cl)[C@H]4[C@H]32. The molecule has 25 heavy (non-hydrogen) atoms. The molecule has 2 aliphatic carbocycles. The van der Waals surface area contributed by atoms with Crippen LogP contribution in [0.1, 0.15) is 0 Å². The van der Waals surface area contributed by atoms with Gasteiger partial charge in [-0.2, -0.15) is 8.42 Å². The van der Waals surface area contributed by atoms with Crippen LogP contribution in [0.25, 0.3) is 0 Å². The van der Waals surface area contributed by atoms with Crippen molar-refractivity contribution in [3.63, 3.8) is 0 Å². The number of carbonyl (C=O) groups excluding carboxylic acids is 2. The molecule has 12 heteroatoms. The second-order valence-electron chi connectivity index (χ2n) is 6.50. The van der Waals surface area contributed by atoms with E-state index in [0.29, 0.717) is 0 Å². The fraction of sp³-hybridized carbons (Fsp3) is 0.846. The molecular weight excluding hydrogens is 403 g/mol. The Morgan fingerprint density at radius 2 is 1.36 bits per heavy atom. The first-order valence-corrected chi connectivity index (χ1v) is 9.85. The van der Waals surface area contributed by atoms with Gasteiger partial charge >= 0.3 is 11.9 Å². The molecule has 1 unspecified atom stereocenters. The molecule has 2 saturated heterocycles. The summed E-state index contributed by atoms with van der Waals surface area (Å²) in [5.41, 5.74) is 0. The van der Waals surface area contributed by atoms with E-state index in [-0.39, 0.29) is 0 Å². The van der Waals surface area contributed by atoms with Crippen LogP contribution in [0.4, 0.5) is 0 Å². The predicted octanol–water partition coefficient (Wildman–Crippen LogP) is -0.614. The fourth-order valence-corrected chi connectivity index (χ4v) is 6.77. The molecule has 4 rings (SSSR count). The topological polar surface area (TPSA) is 114 Å². The van der Waals surface area contributed by atoms with E-state index in [1.807, 2.05) is 0 Å². The van der Waals surface area contributed by atoms with E-state index in [9.17, 15) is 18.0 Å². The van der Waals surface area contributed by atoms with Crippen LogP contribution in [-0.4, -0.2) is 74.7 Å². The third-order valence-electron chi connectivity index (χ3n) is 5.56. The van der Waals surface area contributed by atoms with Crippen molar-refractivity contribution in [1.82, 2.24) is 0 Å². The van der Waals surface area contributed by atoms with E-state index < -0.39 is 67.7 Å². The molecule has 2 aliphatic heterocycles. The summed E-state index contributed by atoms with van der Waals surface area (Å²) >= 11 is 13.3. The summed E-state index contributed by atoms with van der Waals surface area (Å²) in [6, 6.07) is 0. The van der Waals surface area contributed by atoms with Gasteiger partial charge in [-0.1, -0.05) is 0 Å². The maximum atomic E-state index is 12.6. The van der Waals surface area contributed by atoms with Gasteiger partial charge in [0.25, 0.3) is 10.1 Å². The Kier molecular flexibility index (Phi) is 3.40. The standard InChI is InChI=1S/C13H14Cl2O9S/c1-20-13(21-2)11(14)4-5-7(23-10(17)12(5,13)15)8(24-25(3,18)19)6(4)22-9(11)16/h4-8H,1-3H3/t4-,5+,6-,7+,8?,11+,12-. The molecule has 0 aromatic carbocycles. The number of hydrogen-bond acceptors (Lipinski definition) is 9. The van der Waals surface area contributed by atoms with Crippen molar-refractivity contribution in [2.45, 2.75) is 33.8 Å². The van der Waals surface area contributed by atoms with Gasteiger partial charge in [-0.15, -0.1) is 23.2 Å². The van der Waals surface area contributed by atoms with Gasteiger partial charge in [0.1, 0.15) is 12.2 Å². The van der Waals surface area contributed by atoms with Gasteiger partial charge in [-0.3, -0.25) is 4.18 Å². The van der Waals surface area contributed by atoms with Gasteiger partial charge in [0.2, 0.25) is 15.5 Å². The average molecular weight is 417 g/mol. The van der Waals surface area contributed by atoms with Crippen LogP contribution in [0, 0.1) is 11.8 Å². The average Bonchev–Trinajstić information content (AvgIpc) is 3.09. The normalized spacial score (nSPS) is 49.2. The molecule has 4 aliphatic rings. The quantitative estimate of drug-likeness (QED) is 0.256. The number of alkyl halides is 2. The van der Waals surface area contributed by atoms with E-state index in [2.05, 4.69) is 0 Å². The number of ether oxygens (including phenoxy) is 4. The summed E-state index contributed by atoms with van der Waals surface area (Å²) in [6.07, 6.45) is -2.56. The molecular formula is C13H14Cl2O9S. The summed E-state index contributed by atoms with van der Waals surface area (Å²) in [6.45, 7) is 0. The summed E-state index contributed by atoms with van der Waals surface area (Å²) in [5.74, 6) is -5.69. The van der Waals surface area contributed by atoms with Gasteiger partial charge in [-0.05, 0) is 0 Å². The smallest absolute Gasteiger partial charge is 0.333 e. The highest BCUT2D eigenvalue weighted by molar-refractivity contribution is 7.86. The van der Waals surface area contributed by atoms with Crippen LogP contribution in [0.3, 0.4) is 0 Å². The van der Waals surface area contributed by atoms with E-state index >= 15 is 0 Å². The Balaban J connectivity index is 1.94. The lowest BCUT2D eigenvalue weighted by Gasteiger charge is -2.41. The van der Waals surface area contributed by atoms with E-state index in [1.54, 1.807) is 0 Å². The van der Waals surface area contributed by atoms with Crippen molar-refractivity contribution in [3.05, 3.63) is 0 Å². The number of carbonyl (C=O) groups is 2. The number of esters is 2. The van der Waals surface area contributed by atoms with Crippen LogP contribution in [0.5, 0.6) is 0 Å². The lowest BCUT2D eigenvalue weighted by molar-refractivity contribution is -0.237. The summed E-state index contributed by atoms with van der Waals surface area (Å²) in [7, 11) is -1.54. The highest BCUT2D eigenvalue weighted by atomic mass is 35.5. The minimum atomic E-state index is -3.93. The van der Waals surface area contributed by atoms with Gasteiger partial charge in [-0.25, -0.2) is 9.59 Å². The summed E-state index contributed by atoms with van der Waals surface area (Å²) in [5, 5.41) is 0. The fourth-order valence-electron chi connectivity index (χ4n) is 4.88. The van der Waals surface area contributed by atoms with Crippen LogP contribution >= 0.6 is 23.2 Å². The molecule has 0 bridgehead atoms. The number of halogens is 2. The van der Waals surface area contributed by atoms with Crippen molar-refractivity contribution < 1.29 is 41.1 Å². The van der Waals surface area contributed by atoms with Crippen LogP contribution in [0.2, 0.25) is 0 Å². The number of rotatable bonds is 4. The van der Waals surface area contributed by atoms with Crippen molar-refractivity contribution >= 4 is 45.3 Å². The Hall–Kier alpha value is -0.650. The molecule has 7 atom stereocenters. The Morgan fingerprint density at radius 1 is 0.960 bits per heavy atom. The molecule has 4 fully saturated rings. The summed E-state index contributed by atoms with van der Waals surface area (Å²) < 4.78 is 49.6. The van der Waals surface area contributed by atoms with Crippen molar-refractivity contribution in [1.29, 1.82) is 0 Å². The van der Waals surface area contributed by atoms with E-state index in [4.69, 9.17) is 46.3 Å². The maximum absolute atomic E-state index is 12.6.